The van der Waals surface area contributed by atoms with Crippen LogP contribution in [-0.4, -0.2) is 45.7 Å². The lowest BCUT2D eigenvalue weighted by Gasteiger charge is -2.31. The minimum atomic E-state index is -0.370. The number of aryl methyl sites for hydroxylation is 1. The summed E-state index contributed by atoms with van der Waals surface area (Å²) in [5, 5.41) is 8.09. The second kappa shape index (κ2) is 6.76. The van der Waals surface area contributed by atoms with Crippen LogP contribution in [-0.2, 0) is 11.2 Å². The highest BCUT2D eigenvalue weighted by Crippen LogP contribution is 2.25. The van der Waals surface area contributed by atoms with Gasteiger partial charge in [-0.3, -0.25) is 4.79 Å². The van der Waals surface area contributed by atoms with Crippen molar-refractivity contribution in [2.75, 3.05) is 19.7 Å². The molecule has 8 heteroatoms. The van der Waals surface area contributed by atoms with Crippen LogP contribution in [0.25, 0.3) is 0 Å². The fourth-order valence-electron chi connectivity index (χ4n) is 2.43. The monoisotopic (exact) mass is 336 g/mol. The van der Waals surface area contributed by atoms with Crippen LogP contribution in [0.2, 0.25) is 0 Å². The summed E-state index contributed by atoms with van der Waals surface area (Å²) in [6, 6.07) is 0. The SMILES string of the molecule is CCc1ncsc1C(=O)N1CCO[C@@H](c2nnc(C(C)C)o2)C1. The van der Waals surface area contributed by atoms with E-state index in [4.69, 9.17) is 9.15 Å². The second-order valence-corrected chi connectivity index (χ2v) is 6.58. The topological polar surface area (TPSA) is 81.4 Å². The Morgan fingerprint density at radius 3 is 3.00 bits per heavy atom. The van der Waals surface area contributed by atoms with Gasteiger partial charge < -0.3 is 14.1 Å². The molecule has 0 aliphatic carbocycles. The molecule has 3 rings (SSSR count). The predicted octanol–water partition coefficient (Wildman–Crippen LogP) is 2.43. The van der Waals surface area contributed by atoms with Crippen LogP contribution in [0.15, 0.2) is 9.93 Å². The van der Waals surface area contributed by atoms with E-state index in [2.05, 4.69) is 15.2 Å². The van der Waals surface area contributed by atoms with Crippen LogP contribution in [0.4, 0.5) is 0 Å². The summed E-state index contributed by atoms with van der Waals surface area (Å²) in [6.07, 6.45) is 0.380. The zero-order valence-electron chi connectivity index (χ0n) is 13.5. The predicted molar refractivity (Wildman–Crippen MR) is 84.5 cm³/mol. The number of thiazole rings is 1. The van der Waals surface area contributed by atoms with Crippen molar-refractivity contribution in [1.29, 1.82) is 0 Å². The Bertz CT molecular complexity index is 682. The van der Waals surface area contributed by atoms with Crippen molar-refractivity contribution >= 4 is 17.2 Å². The number of aromatic nitrogens is 3. The van der Waals surface area contributed by atoms with Crippen molar-refractivity contribution in [2.24, 2.45) is 0 Å². The Morgan fingerprint density at radius 2 is 2.30 bits per heavy atom. The maximum absolute atomic E-state index is 12.7. The molecular weight excluding hydrogens is 316 g/mol. The number of ether oxygens (including phenoxy) is 1. The molecule has 1 aliphatic heterocycles. The van der Waals surface area contributed by atoms with Gasteiger partial charge in [0.15, 0.2) is 6.10 Å². The van der Waals surface area contributed by atoms with Gasteiger partial charge in [-0.2, -0.15) is 0 Å². The van der Waals surface area contributed by atoms with Gasteiger partial charge in [-0.15, -0.1) is 21.5 Å². The van der Waals surface area contributed by atoms with Crippen molar-refractivity contribution in [2.45, 2.75) is 39.2 Å². The molecule has 0 saturated carbocycles. The number of amides is 1. The summed E-state index contributed by atoms with van der Waals surface area (Å²) >= 11 is 1.39. The molecule has 2 aromatic heterocycles. The van der Waals surface area contributed by atoms with Gasteiger partial charge in [0.05, 0.1) is 24.4 Å². The number of carbonyl (C=O) groups is 1. The molecule has 1 fully saturated rings. The number of carbonyl (C=O) groups excluding carboxylic acids is 1. The lowest BCUT2D eigenvalue weighted by atomic mass is 10.2. The lowest BCUT2D eigenvalue weighted by molar-refractivity contribution is -0.0350. The molecular formula is C15H20N4O3S. The third-order valence-electron chi connectivity index (χ3n) is 3.75. The molecule has 0 bridgehead atoms. The van der Waals surface area contributed by atoms with E-state index < -0.39 is 0 Å². The normalized spacial score (nSPS) is 18.6. The number of nitrogens with zero attached hydrogens (tertiary/aromatic N) is 4. The molecule has 1 saturated heterocycles. The number of morpholine rings is 1. The Balaban J connectivity index is 1.74. The Hall–Kier alpha value is -1.80. The van der Waals surface area contributed by atoms with Gasteiger partial charge >= 0.3 is 0 Å². The van der Waals surface area contributed by atoms with Crippen LogP contribution in [0.5, 0.6) is 0 Å². The van der Waals surface area contributed by atoms with E-state index >= 15 is 0 Å². The lowest BCUT2D eigenvalue weighted by Crippen LogP contribution is -2.42. The zero-order valence-corrected chi connectivity index (χ0v) is 14.3. The standard InChI is InChI=1S/C15H20N4O3S/c1-4-10-12(23-8-16-10)15(20)19-5-6-21-11(7-19)14-18-17-13(22-14)9(2)3/h8-9,11H,4-7H2,1-3H3/t11-/m1/s1. The summed E-state index contributed by atoms with van der Waals surface area (Å²) in [5.41, 5.74) is 2.57. The summed E-state index contributed by atoms with van der Waals surface area (Å²) < 4.78 is 11.4. The van der Waals surface area contributed by atoms with Gasteiger partial charge in [0.25, 0.3) is 5.91 Å². The highest BCUT2D eigenvalue weighted by Gasteiger charge is 2.31. The number of rotatable bonds is 4. The highest BCUT2D eigenvalue weighted by atomic mass is 32.1. The minimum absolute atomic E-state index is 0.00116. The number of hydrogen-bond donors (Lipinski definition) is 0. The Morgan fingerprint density at radius 1 is 1.48 bits per heavy atom. The van der Waals surface area contributed by atoms with E-state index in [1.165, 1.54) is 11.3 Å². The van der Waals surface area contributed by atoms with Crippen molar-refractivity contribution in [3.05, 3.63) is 27.9 Å². The molecule has 1 aliphatic rings. The Kier molecular flexibility index (Phi) is 4.72. The fourth-order valence-corrected chi connectivity index (χ4v) is 3.28. The zero-order chi connectivity index (χ0) is 16.4. The minimum Gasteiger partial charge on any atom is -0.422 e. The van der Waals surface area contributed by atoms with Gasteiger partial charge in [-0.1, -0.05) is 20.8 Å². The van der Waals surface area contributed by atoms with Crippen molar-refractivity contribution < 1.29 is 13.9 Å². The fraction of sp³-hybridized carbons (Fsp3) is 0.600. The first-order chi connectivity index (χ1) is 11.1. The molecule has 23 heavy (non-hydrogen) atoms. The first kappa shape index (κ1) is 16.1. The molecule has 124 valence electrons. The molecule has 2 aromatic rings. The second-order valence-electron chi connectivity index (χ2n) is 5.73. The molecule has 7 nitrogen and oxygen atoms in total. The first-order valence-corrected chi connectivity index (χ1v) is 8.64. The summed E-state index contributed by atoms with van der Waals surface area (Å²) in [7, 11) is 0. The molecule has 0 aromatic carbocycles. The summed E-state index contributed by atoms with van der Waals surface area (Å²) in [5.74, 6) is 1.19. The van der Waals surface area contributed by atoms with Crippen molar-refractivity contribution in [3.63, 3.8) is 0 Å². The smallest absolute Gasteiger partial charge is 0.266 e. The average Bonchev–Trinajstić information content (AvgIpc) is 3.23. The van der Waals surface area contributed by atoms with Crippen molar-refractivity contribution in [1.82, 2.24) is 20.1 Å². The Labute approximate surface area is 138 Å². The van der Waals surface area contributed by atoms with Gasteiger partial charge in [-0.25, -0.2) is 4.98 Å². The van der Waals surface area contributed by atoms with E-state index in [9.17, 15) is 4.79 Å². The molecule has 1 atom stereocenters. The average molecular weight is 336 g/mol. The van der Waals surface area contributed by atoms with Crippen LogP contribution < -0.4 is 0 Å². The number of hydrogen-bond acceptors (Lipinski definition) is 7. The van der Waals surface area contributed by atoms with E-state index in [0.717, 1.165) is 12.1 Å². The van der Waals surface area contributed by atoms with E-state index in [1.54, 1.807) is 10.4 Å². The van der Waals surface area contributed by atoms with Crippen LogP contribution in [0.3, 0.4) is 0 Å². The third-order valence-corrected chi connectivity index (χ3v) is 4.61. The van der Waals surface area contributed by atoms with E-state index in [-0.39, 0.29) is 17.9 Å². The van der Waals surface area contributed by atoms with Crippen molar-refractivity contribution in [3.8, 4) is 0 Å². The van der Waals surface area contributed by atoms with E-state index in [1.807, 2.05) is 20.8 Å². The summed E-state index contributed by atoms with van der Waals surface area (Å²) in [4.78, 5) is 19.4. The molecule has 0 N–H and O–H groups in total. The maximum atomic E-state index is 12.7. The van der Waals surface area contributed by atoms with Gasteiger partial charge in [-0.05, 0) is 6.42 Å². The molecule has 0 unspecified atom stereocenters. The molecule has 0 radical (unpaired) electrons. The maximum Gasteiger partial charge on any atom is 0.266 e. The highest BCUT2D eigenvalue weighted by molar-refractivity contribution is 7.11. The van der Waals surface area contributed by atoms with Crippen LogP contribution >= 0.6 is 11.3 Å². The quantitative estimate of drug-likeness (QED) is 0.853. The first-order valence-electron chi connectivity index (χ1n) is 7.76. The summed E-state index contributed by atoms with van der Waals surface area (Å²) in [6.45, 7) is 7.41. The van der Waals surface area contributed by atoms with E-state index in [0.29, 0.717) is 36.4 Å². The van der Waals surface area contributed by atoms with Gasteiger partial charge in [0.2, 0.25) is 11.8 Å². The largest absolute Gasteiger partial charge is 0.422 e. The molecule has 3 heterocycles. The van der Waals surface area contributed by atoms with Crippen LogP contribution in [0, 0.1) is 0 Å². The van der Waals surface area contributed by atoms with Gasteiger partial charge in [0, 0.05) is 12.5 Å². The van der Waals surface area contributed by atoms with Gasteiger partial charge in [0.1, 0.15) is 4.88 Å². The molecule has 1 amide bonds. The van der Waals surface area contributed by atoms with Crippen LogP contribution in [0.1, 0.15) is 59.9 Å². The molecule has 0 spiro atoms. The third kappa shape index (κ3) is 3.28.